The van der Waals surface area contributed by atoms with Crippen molar-refractivity contribution in [3.63, 3.8) is 0 Å². The first-order chi connectivity index (χ1) is 10.8. The second kappa shape index (κ2) is 6.74. The van der Waals surface area contributed by atoms with Crippen molar-refractivity contribution in [2.45, 2.75) is 45.6 Å². The van der Waals surface area contributed by atoms with Crippen LogP contribution >= 0.6 is 11.6 Å². The van der Waals surface area contributed by atoms with Crippen LogP contribution in [0, 0.1) is 0 Å². The Kier molecular flexibility index (Phi) is 4.72. The molecule has 0 bridgehead atoms. The lowest BCUT2D eigenvalue weighted by atomic mass is 9.95. The van der Waals surface area contributed by atoms with Gasteiger partial charge in [-0.2, -0.15) is 0 Å². The van der Waals surface area contributed by atoms with Gasteiger partial charge < -0.3 is 9.30 Å². The van der Waals surface area contributed by atoms with Crippen LogP contribution in [0.2, 0.25) is 0 Å². The molecule has 1 aliphatic carbocycles. The van der Waals surface area contributed by atoms with Crippen molar-refractivity contribution >= 4 is 28.5 Å². The predicted octanol–water partition coefficient (Wildman–Crippen LogP) is 4.33. The number of hydrogen-bond acceptors (Lipinski definition) is 2. The van der Waals surface area contributed by atoms with Gasteiger partial charge in [0.25, 0.3) is 0 Å². The summed E-state index contributed by atoms with van der Waals surface area (Å²) >= 11 is 5.88. The van der Waals surface area contributed by atoms with E-state index < -0.39 is 0 Å². The standard InChI is InChI=1S/C18H22ClNO2/c1-2-22-18(21)13-8-9-17-15(12-13)14-6-3-4-7-16(14)20(17)11-5-10-19/h8-9,12H,2-7,10-11H2,1H3. The predicted molar refractivity (Wildman–Crippen MR) is 89.9 cm³/mol. The third-order valence-corrected chi connectivity index (χ3v) is 4.67. The number of aromatic nitrogens is 1. The van der Waals surface area contributed by atoms with E-state index in [0.29, 0.717) is 18.1 Å². The van der Waals surface area contributed by atoms with Gasteiger partial charge in [-0.15, -0.1) is 11.6 Å². The number of alkyl halides is 1. The molecule has 4 heteroatoms. The van der Waals surface area contributed by atoms with E-state index in [-0.39, 0.29) is 5.97 Å². The van der Waals surface area contributed by atoms with Crippen LogP contribution in [0.4, 0.5) is 0 Å². The van der Waals surface area contributed by atoms with Gasteiger partial charge in [0.1, 0.15) is 0 Å². The van der Waals surface area contributed by atoms with E-state index in [9.17, 15) is 4.79 Å². The van der Waals surface area contributed by atoms with E-state index in [1.54, 1.807) is 0 Å². The zero-order valence-electron chi connectivity index (χ0n) is 13.0. The second-order valence-corrected chi connectivity index (χ2v) is 6.16. The molecule has 3 nitrogen and oxygen atoms in total. The van der Waals surface area contributed by atoms with Gasteiger partial charge in [-0.1, -0.05) is 0 Å². The number of fused-ring (bicyclic) bond motifs is 3. The van der Waals surface area contributed by atoms with E-state index in [0.717, 1.165) is 25.8 Å². The molecule has 22 heavy (non-hydrogen) atoms. The number of rotatable bonds is 5. The number of carbonyl (C=O) groups excluding carboxylic acids is 1. The fourth-order valence-corrected chi connectivity index (χ4v) is 3.57. The first kappa shape index (κ1) is 15.4. The topological polar surface area (TPSA) is 31.2 Å². The lowest BCUT2D eigenvalue weighted by molar-refractivity contribution is 0.0526. The number of aryl methyl sites for hydroxylation is 2. The van der Waals surface area contributed by atoms with Crippen LogP contribution in [0.25, 0.3) is 10.9 Å². The molecule has 0 atom stereocenters. The average molecular weight is 320 g/mol. The van der Waals surface area contributed by atoms with E-state index in [1.165, 1.54) is 35.0 Å². The Hall–Kier alpha value is -1.48. The molecule has 1 aromatic heterocycles. The third kappa shape index (κ3) is 2.74. The summed E-state index contributed by atoms with van der Waals surface area (Å²) in [6.45, 7) is 3.20. The molecule has 0 N–H and O–H groups in total. The number of carbonyl (C=O) groups is 1. The van der Waals surface area contributed by atoms with Gasteiger partial charge in [0.05, 0.1) is 12.2 Å². The maximum atomic E-state index is 12.0. The molecule has 1 aromatic carbocycles. The number of benzene rings is 1. The molecule has 0 saturated heterocycles. The van der Waals surface area contributed by atoms with Crippen LogP contribution in [-0.2, 0) is 24.1 Å². The van der Waals surface area contributed by atoms with Crippen LogP contribution < -0.4 is 0 Å². The number of esters is 1. The second-order valence-electron chi connectivity index (χ2n) is 5.78. The molecule has 3 rings (SSSR count). The van der Waals surface area contributed by atoms with E-state index in [1.807, 2.05) is 19.1 Å². The molecular weight excluding hydrogens is 298 g/mol. The van der Waals surface area contributed by atoms with Crippen molar-refractivity contribution in [1.29, 1.82) is 0 Å². The summed E-state index contributed by atoms with van der Waals surface area (Å²) < 4.78 is 7.53. The Balaban J connectivity index is 2.09. The number of ether oxygens (including phenoxy) is 1. The molecule has 2 aromatic rings. The largest absolute Gasteiger partial charge is 0.462 e. The van der Waals surface area contributed by atoms with Gasteiger partial charge in [-0.05, 0) is 62.8 Å². The van der Waals surface area contributed by atoms with Gasteiger partial charge in [-0.25, -0.2) is 4.79 Å². The zero-order valence-corrected chi connectivity index (χ0v) is 13.8. The van der Waals surface area contributed by atoms with E-state index >= 15 is 0 Å². The summed E-state index contributed by atoms with van der Waals surface area (Å²) in [5.41, 5.74) is 4.73. The lowest BCUT2D eigenvalue weighted by Crippen LogP contribution is -2.08. The molecule has 0 spiro atoms. The minimum absolute atomic E-state index is 0.234. The quantitative estimate of drug-likeness (QED) is 0.607. The van der Waals surface area contributed by atoms with Gasteiger partial charge in [0.15, 0.2) is 0 Å². The molecule has 0 unspecified atom stereocenters. The fourth-order valence-electron chi connectivity index (χ4n) is 3.45. The minimum Gasteiger partial charge on any atom is -0.462 e. The maximum Gasteiger partial charge on any atom is 0.338 e. The van der Waals surface area contributed by atoms with Crippen LogP contribution in [-0.4, -0.2) is 23.0 Å². The molecule has 0 fully saturated rings. The smallest absolute Gasteiger partial charge is 0.338 e. The molecule has 0 radical (unpaired) electrons. The molecule has 118 valence electrons. The lowest BCUT2D eigenvalue weighted by Gasteiger charge is -2.15. The van der Waals surface area contributed by atoms with Crippen molar-refractivity contribution in [2.24, 2.45) is 0 Å². The monoisotopic (exact) mass is 319 g/mol. The third-order valence-electron chi connectivity index (χ3n) is 4.40. The molecule has 0 saturated carbocycles. The highest BCUT2D eigenvalue weighted by molar-refractivity contribution is 6.17. The Morgan fingerprint density at radius 1 is 1.32 bits per heavy atom. The summed E-state index contributed by atoms with van der Waals surface area (Å²) in [5, 5.41) is 1.22. The van der Waals surface area contributed by atoms with Crippen molar-refractivity contribution in [2.75, 3.05) is 12.5 Å². The Bertz CT molecular complexity index is 690. The number of hydrogen-bond donors (Lipinski definition) is 0. The highest BCUT2D eigenvalue weighted by Crippen LogP contribution is 2.33. The van der Waals surface area contributed by atoms with Crippen molar-refractivity contribution in [3.8, 4) is 0 Å². The van der Waals surface area contributed by atoms with Crippen LogP contribution in [0.3, 0.4) is 0 Å². The first-order valence-corrected chi connectivity index (χ1v) is 8.66. The van der Waals surface area contributed by atoms with Crippen molar-refractivity contribution in [1.82, 2.24) is 4.57 Å². The van der Waals surface area contributed by atoms with Gasteiger partial charge in [0.2, 0.25) is 0 Å². The van der Waals surface area contributed by atoms with Crippen LogP contribution in [0.5, 0.6) is 0 Å². The van der Waals surface area contributed by atoms with Gasteiger partial charge in [0, 0.05) is 29.0 Å². The zero-order chi connectivity index (χ0) is 15.5. The maximum absolute atomic E-state index is 12.0. The molecular formula is C18H22ClNO2. The average Bonchev–Trinajstić information content (AvgIpc) is 2.86. The summed E-state index contributed by atoms with van der Waals surface area (Å²) in [7, 11) is 0. The van der Waals surface area contributed by atoms with Crippen molar-refractivity contribution < 1.29 is 9.53 Å². The molecule has 0 aliphatic heterocycles. The van der Waals surface area contributed by atoms with Crippen LogP contribution in [0.1, 0.15) is 47.8 Å². The SMILES string of the molecule is CCOC(=O)c1ccc2c(c1)c1c(n2CCCCl)CCCC1. The number of nitrogens with zero attached hydrogens (tertiary/aromatic N) is 1. The Morgan fingerprint density at radius 3 is 2.91 bits per heavy atom. The Labute approximate surface area is 136 Å². The summed E-state index contributed by atoms with van der Waals surface area (Å²) in [6.07, 6.45) is 5.67. The van der Waals surface area contributed by atoms with E-state index in [2.05, 4.69) is 10.6 Å². The molecule has 1 aliphatic rings. The van der Waals surface area contributed by atoms with Gasteiger partial charge in [-0.3, -0.25) is 0 Å². The highest BCUT2D eigenvalue weighted by atomic mass is 35.5. The normalized spacial score (nSPS) is 14.1. The van der Waals surface area contributed by atoms with Crippen LogP contribution in [0.15, 0.2) is 18.2 Å². The number of halogens is 1. The first-order valence-electron chi connectivity index (χ1n) is 8.13. The molecule has 1 heterocycles. The summed E-state index contributed by atoms with van der Waals surface area (Å²) in [6, 6.07) is 5.95. The fraction of sp³-hybridized carbons (Fsp3) is 0.500. The molecule has 0 amide bonds. The van der Waals surface area contributed by atoms with E-state index in [4.69, 9.17) is 16.3 Å². The Morgan fingerprint density at radius 2 is 2.14 bits per heavy atom. The van der Waals surface area contributed by atoms with Gasteiger partial charge >= 0.3 is 5.97 Å². The van der Waals surface area contributed by atoms with Crippen molar-refractivity contribution in [3.05, 3.63) is 35.0 Å². The summed E-state index contributed by atoms with van der Waals surface area (Å²) in [4.78, 5) is 12.0. The summed E-state index contributed by atoms with van der Waals surface area (Å²) in [5.74, 6) is 0.442. The highest BCUT2D eigenvalue weighted by Gasteiger charge is 2.21. The minimum atomic E-state index is -0.234.